The number of likely N-dealkylation sites (N-methyl/N-ethyl adjacent to an activating group) is 2. The summed E-state index contributed by atoms with van der Waals surface area (Å²) in [6, 6.07) is 6.25. The van der Waals surface area contributed by atoms with Gasteiger partial charge in [-0.25, -0.2) is 4.79 Å². The Balaban J connectivity index is 1.80. The van der Waals surface area contributed by atoms with Gasteiger partial charge in [0.25, 0.3) is 5.69 Å². The highest BCUT2D eigenvalue weighted by atomic mass is 16.6. The Bertz CT molecular complexity index is 602. The van der Waals surface area contributed by atoms with Crippen molar-refractivity contribution in [2.45, 2.75) is 18.9 Å². The van der Waals surface area contributed by atoms with Crippen LogP contribution in [0.1, 0.15) is 12.8 Å². The van der Waals surface area contributed by atoms with Crippen LogP contribution < -0.4 is 5.32 Å². The van der Waals surface area contributed by atoms with Gasteiger partial charge in [-0.2, -0.15) is 0 Å². The lowest BCUT2D eigenvalue weighted by molar-refractivity contribution is -0.384. The zero-order valence-electron chi connectivity index (χ0n) is 15.1. The molecule has 0 unspecified atom stereocenters. The van der Waals surface area contributed by atoms with Crippen molar-refractivity contribution >= 4 is 17.4 Å². The highest BCUT2D eigenvalue weighted by molar-refractivity contribution is 5.89. The zero-order valence-corrected chi connectivity index (χ0v) is 15.1. The summed E-state index contributed by atoms with van der Waals surface area (Å²) in [5, 5.41) is 13.5. The molecule has 0 bridgehead atoms. The van der Waals surface area contributed by atoms with E-state index in [2.05, 4.69) is 29.2 Å². The molecular weight excluding hydrogens is 322 g/mol. The molecule has 1 N–H and O–H groups in total. The number of carbonyl (C=O) groups is 1. The van der Waals surface area contributed by atoms with Crippen LogP contribution in [-0.4, -0.2) is 79.0 Å². The lowest BCUT2D eigenvalue weighted by Gasteiger charge is -2.35. The number of urea groups is 1. The van der Waals surface area contributed by atoms with Gasteiger partial charge >= 0.3 is 6.03 Å². The molecule has 138 valence electrons. The molecule has 0 atom stereocenters. The SMILES string of the molecule is CN1CCC(N(C)CCN(C)C(=O)Nc2cccc([N+](=O)[O-])c2)CC1. The second-order valence-corrected chi connectivity index (χ2v) is 6.67. The lowest BCUT2D eigenvalue weighted by atomic mass is 10.0. The maximum Gasteiger partial charge on any atom is 0.321 e. The fourth-order valence-corrected chi connectivity index (χ4v) is 2.94. The maximum absolute atomic E-state index is 12.2. The van der Waals surface area contributed by atoms with E-state index in [0.29, 0.717) is 18.3 Å². The van der Waals surface area contributed by atoms with E-state index in [0.717, 1.165) is 32.5 Å². The number of non-ortho nitro benzene ring substituents is 1. The van der Waals surface area contributed by atoms with Gasteiger partial charge in [-0.1, -0.05) is 6.07 Å². The van der Waals surface area contributed by atoms with Crippen molar-refractivity contribution in [3.05, 3.63) is 34.4 Å². The first kappa shape index (κ1) is 19.1. The third kappa shape index (κ3) is 5.68. The summed E-state index contributed by atoms with van der Waals surface area (Å²) in [7, 11) is 5.97. The Labute approximate surface area is 148 Å². The van der Waals surface area contributed by atoms with Crippen molar-refractivity contribution in [1.29, 1.82) is 0 Å². The number of nitro groups is 1. The van der Waals surface area contributed by atoms with Crippen molar-refractivity contribution in [3.8, 4) is 0 Å². The minimum Gasteiger partial charge on any atom is -0.326 e. The zero-order chi connectivity index (χ0) is 18.4. The van der Waals surface area contributed by atoms with Crippen molar-refractivity contribution < 1.29 is 9.72 Å². The van der Waals surface area contributed by atoms with Crippen molar-refractivity contribution in [2.24, 2.45) is 0 Å². The van der Waals surface area contributed by atoms with E-state index in [1.165, 1.54) is 12.1 Å². The first-order valence-corrected chi connectivity index (χ1v) is 8.52. The standard InChI is InChI=1S/C17H27N5O3/c1-19-9-7-15(8-10-19)20(2)11-12-21(3)17(23)18-14-5-4-6-16(13-14)22(24)25/h4-6,13,15H,7-12H2,1-3H3,(H,18,23). The van der Waals surface area contributed by atoms with Crippen LogP contribution in [-0.2, 0) is 0 Å². The Morgan fingerprint density at radius 1 is 1.32 bits per heavy atom. The number of benzene rings is 1. The summed E-state index contributed by atoms with van der Waals surface area (Å²) in [4.78, 5) is 28.8. The largest absolute Gasteiger partial charge is 0.326 e. The van der Waals surface area contributed by atoms with Crippen LogP contribution in [0.2, 0.25) is 0 Å². The Kier molecular flexibility index (Phi) is 6.72. The van der Waals surface area contributed by atoms with E-state index in [1.54, 1.807) is 24.1 Å². The van der Waals surface area contributed by atoms with Crippen molar-refractivity contribution in [1.82, 2.24) is 14.7 Å². The number of likely N-dealkylation sites (tertiary alicyclic amines) is 1. The maximum atomic E-state index is 12.2. The predicted molar refractivity (Wildman–Crippen MR) is 97.9 cm³/mol. The smallest absolute Gasteiger partial charge is 0.321 e. The molecule has 0 aliphatic carbocycles. The molecule has 1 aromatic carbocycles. The van der Waals surface area contributed by atoms with Crippen LogP contribution in [0, 0.1) is 10.1 Å². The van der Waals surface area contributed by atoms with Crippen LogP contribution in [0.5, 0.6) is 0 Å². The van der Waals surface area contributed by atoms with E-state index < -0.39 is 4.92 Å². The molecule has 2 amide bonds. The second kappa shape index (κ2) is 8.77. The Morgan fingerprint density at radius 3 is 2.64 bits per heavy atom. The molecule has 1 saturated heterocycles. The molecular formula is C17H27N5O3. The Morgan fingerprint density at radius 2 is 2.00 bits per heavy atom. The molecule has 0 aromatic heterocycles. The number of nitrogens with zero attached hydrogens (tertiary/aromatic N) is 4. The monoisotopic (exact) mass is 349 g/mol. The van der Waals surface area contributed by atoms with Crippen LogP contribution in [0.15, 0.2) is 24.3 Å². The van der Waals surface area contributed by atoms with Crippen LogP contribution in [0.3, 0.4) is 0 Å². The van der Waals surface area contributed by atoms with E-state index in [1.807, 2.05) is 0 Å². The molecule has 0 radical (unpaired) electrons. The van der Waals surface area contributed by atoms with Crippen LogP contribution in [0.4, 0.5) is 16.2 Å². The third-order valence-corrected chi connectivity index (χ3v) is 4.75. The Hall–Kier alpha value is -2.19. The molecule has 1 aliphatic heterocycles. The summed E-state index contributed by atoms with van der Waals surface area (Å²) in [5.41, 5.74) is 0.386. The fraction of sp³-hybridized carbons (Fsp3) is 0.588. The second-order valence-electron chi connectivity index (χ2n) is 6.67. The summed E-state index contributed by atoms with van der Waals surface area (Å²) in [5.74, 6) is 0. The van der Waals surface area contributed by atoms with Crippen molar-refractivity contribution in [2.75, 3.05) is 52.6 Å². The average molecular weight is 349 g/mol. The molecule has 25 heavy (non-hydrogen) atoms. The van der Waals surface area contributed by atoms with Gasteiger partial charge in [0.1, 0.15) is 0 Å². The van der Waals surface area contributed by atoms with Gasteiger partial charge in [-0.05, 0) is 46.1 Å². The highest BCUT2D eigenvalue weighted by Crippen LogP contribution is 2.17. The van der Waals surface area contributed by atoms with Gasteiger partial charge in [-0.3, -0.25) is 10.1 Å². The van der Waals surface area contributed by atoms with Gasteiger partial charge in [0.2, 0.25) is 0 Å². The normalized spacial score (nSPS) is 16.0. The summed E-state index contributed by atoms with van der Waals surface area (Å²) >= 11 is 0. The molecule has 2 rings (SSSR count). The summed E-state index contributed by atoms with van der Waals surface area (Å²) in [6.45, 7) is 3.62. The molecule has 0 saturated carbocycles. The van der Waals surface area contributed by atoms with Gasteiger partial charge in [0, 0.05) is 44.0 Å². The van der Waals surface area contributed by atoms with E-state index in [-0.39, 0.29) is 11.7 Å². The number of hydrogen-bond acceptors (Lipinski definition) is 5. The number of nitrogens with one attached hydrogen (secondary N) is 1. The average Bonchev–Trinajstić information content (AvgIpc) is 2.60. The molecule has 8 nitrogen and oxygen atoms in total. The number of amides is 2. The van der Waals surface area contributed by atoms with Crippen LogP contribution >= 0.6 is 0 Å². The van der Waals surface area contributed by atoms with E-state index in [4.69, 9.17) is 0 Å². The molecule has 0 spiro atoms. The van der Waals surface area contributed by atoms with E-state index >= 15 is 0 Å². The number of rotatable bonds is 6. The third-order valence-electron chi connectivity index (χ3n) is 4.75. The lowest BCUT2D eigenvalue weighted by Crippen LogP contribution is -2.45. The number of anilines is 1. The van der Waals surface area contributed by atoms with Gasteiger partial charge in [0.05, 0.1) is 4.92 Å². The molecule has 1 heterocycles. The summed E-state index contributed by atoms with van der Waals surface area (Å²) in [6.07, 6.45) is 2.30. The summed E-state index contributed by atoms with van der Waals surface area (Å²) < 4.78 is 0. The minimum absolute atomic E-state index is 0.0394. The fourth-order valence-electron chi connectivity index (χ4n) is 2.94. The number of carbonyl (C=O) groups excluding carboxylic acids is 1. The van der Waals surface area contributed by atoms with Gasteiger partial charge in [-0.15, -0.1) is 0 Å². The minimum atomic E-state index is -0.476. The first-order chi connectivity index (χ1) is 11.9. The molecule has 1 aliphatic rings. The predicted octanol–water partition coefficient (Wildman–Crippen LogP) is 2.08. The number of hydrogen-bond donors (Lipinski definition) is 1. The van der Waals surface area contributed by atoms with Crippen molar-refractivity contribution in [3.63, 3.8) is 0 Å². The molecule has 1 fully saturated rings. The molecule has 8 heteroatoms. The van der Waals surface area contributed by atoms with E-state index in [9.17, 15) is 14.9 Å². The topological polar surface area (TPSA) is 82.0 Å². The number of piperidine rings is 1. The highest BCUT2D eigenvalue weighted by Gasteiger charge is 2.21. The van der Waals surface area contributed by atoms with Gasteiger partial charge < -0.3 is 20.0 Å². The quantitative estimate of drug-likeness (QED) is 0.628. The van der Waals surface area contributed by atoms with Gasteiger partial charge in [0.15, 0.2) is 0 Å². The number of nitro benzene ring substituents is 1. The first-order valence-electron chi connectivity index (χ1n) is 8.52. The van der Waals surface area contributed by atoms with Crippen LogP contribution in [0.25, 0.3) is 0 Å². The molecule has 1 aromatic rings.